The molecule has 2 unspecified atom stereocenters. The highest BCUT2D eigenvalue weighted by atomic mass is 32.2. The van der Waals surface area contributed by atoms with E-state index in [0.29, 0.717) is 11.4 Å². The zero-order valence-corrected chi connectivity index (χ0v) is 12.6. The fourth-order valence-electron chi connectivity index (χ4n) is 2.45. The van der Waals surface area contributed by atoms with Crippen molar-refractivity contribution in [1.82, 2.24) is 5.32 Å². The summed E-state index contributed by atoms with van der Waals surface area (Å²) >= 11 is 0. The van der Waals surface area contributed by atoms with Crippen LogP contribution >= 0.6 is 0 Å². The lowest BCUT2D eigenvalue weighted by atomic mass is 9.92. The van der Waals surface area contributed by atoms with Crippen LogP contribution in [0.4, 0.5) is 11.4 Å². The molecule has 5 N–H and O–H groups in total. The molecule has 0 spiro atoms. The Balaban J connectivity index is 2.05. The molecule has 7 nitrogen and oxygen atoms in total. The van der Waals surface area contributed by atoms with Crippen molar-refractivity contribution in [1.29, 1.82) is 0 Å². The highest BCUT2D eigenvalue weighted by Crippen LogP contribution is 2.19. The molecular weight excluding hydrogens is 292 g/mol. The number of piperidine rings is 1. The Kier molecular flexibility index (Phi) is 4.81. The second kappa shape index (κ2) is 6.42. The van der Waals surface area contributed by atoms with Crippen molar-refractivity contribution >= 4 is 27.5 Å². The number of nitrogens with two attached hydrogens (primary N) is 1. The van der Waals surface area contributed by atoms with Crippen LogP contribution in [0, 0.1) is 5.92 Å². The highest BCUT2D eigenvalue weighted by molar-refractivity contribution is 7.90. The highest BCUT2D eigenvalue weighted by Gasteiger charge is 2.27. The van der Waals surface area contributed by atoms with E-state index in [4.69, 9.17) is 5.14 Å². The molecule has 1 aromatic carbocycles. The smallest absolute Gasteiger partial charge is 0.296 e. The third-order valence-electron chi connectivity index (χ3n) is 3.44. The number of rotatable bonds is 4. The topological polar surface area (TPSA) is 113 Å². The van der Waals surface area contributed by atoms with Gasteiger partial charge in [0.15, 0.2) is 0 Å². The Hall–Kier alpha value is -1.64. The summed E-state index contributed by atoms with van der Waals surface area (Å²) < 4.78 is 24.2. The average molecular weight is 312 g/mol. The quantitative estimate of drug-likeness (QED) is 0.653. The average Bonchev–Trinajstić information content (AvgIpc) is 2.37. The molecule has 1 heterocycles. The van der Waals surface area contributed by atoms with Gasteiger partial charge in [0.25, 0.3) is 10.2 Å². The third-order valence-corrected chi connectivity index (χ3v) is 3.96. The van der Waals surface area contributed by atoms with E-state index in [9.17, 15) is 13.2 Å². The van der Waals surface area contributed by atoms with E-state index in [0.717, 1.165) is 19.4 Å². The first-order chi connectivity index (χ1) is 9.85. The Labute approximate surface area is 124 Å². The summed E-state index contributed by atoms with van der Waals surface area (Å²) in [5.41, 5.74) is 0.827. The van der Waals surface area contributed by atoms with Gasteiger partial charge in [-0.1, -0.05) is 13.0 Å². The van der Waals surface area contributed by atoms with E-state index < -0.39 is 10.2 Å². The van der Waals surface area contributed by atoms with Gasteiger partial charge in [0.05, 0.1) is 11.7 Å². The molecule has 21 heavy (non-hydrogen) atoms. The number of benzene rings is 1. The Morgan fingerprint density at radius 1 is 1.38 bits per heavy atom. The van der Waals surface area contributed by atoms with E-state index >= 15 is 0 Å². The van der Waals surface area contributed by atoms with Gasteiger partial charge in [-0.15, -0.1) is 0 Å². The van der Waals surface area contributed by atoms with Crippen LogP contribution in [0.25, 0.3) is 0 Å². The summed E-state index contributed by atoms with van der Waals surface area (Å²) in [5, 5.41) is 10.9. The van der Waals surface area contributed by atoms with Gasteiger partial charge >= 0.3 is 0 Å². The lowest BCUT2D eigenvalue weighted by Gasteiger charge is -2.28. The molecule has 2 rings (SSSR count). The summed E-state index contributed by atoms with van der Waals surface area (Å²) in [6, 6.07) is 6.19. The van der Waals surface area contributed by atoms with Gasteiger partial charge in [-0.2, -0.15) is 8.42 Å². The van der Waals surface area contributed by atoms with Crippen LogP contribution in [0.1, 0.15) is 19.8 Å². The normalized spacial score (nSPS) is 22.6. The molecule has 1 fully saturated rings. The molecule has 1 saturated heterocycles. The minimum Gasteiger partial charge on any atom is -0.325 e. The largest absolute Gasteiger partial charge is 0.325 e. The standard InChI is InChI=1S/C13H20N4O3S/c1-9-4-3-7-15-12(9)13(18)16-10-5-2-6-11(8-10)17-21(14,19)20/h2,5-6,8-9,12,15,17H,3-4,7H2,1H3,(H,16,18)(H2,14,19,20). The lowest BCUT2D eigenvalue weighted by molar-refractivity contribution is -0.119. The van der Waals surface area contributed by atoms with E-state index in [1.54, 1.807) is 18.2 Å². The summed E-state index contributed by atoms with van der Waals surface area (Å²) in [7, 11) is -3.83. The van der Waals surface area contributed by atoms with Crippen molar-refractivity contribution in [3.63, 3.8) is 0 Å². The molecule has 1 aliphatic heterocycles. The Morgan fingerprint density at radius 2 is 2.10 bits per heavy atom. The number of carbonyl (C=O) groups is 1. The van der Waals surface area contributed by atoms with E-state index in [-0.39, 0.29) is 17.9 Å². The first-order valence-electron chi connectivity index (χ1n) is 6.80. The molecule has 1 aliphatic rings. The zero-order chi connectivity index (χ0) is 15.5. The van der Waals surface area contributed by atoms with Gasteiger partial charge in [-0.25, -0.2) is 5.14 Å². The molecule has 2 atom stereocenters. The lowest BCUT2D eigenvalue weighted by Crippen LogP contribution is -2.48. The first kappa shape index (κ1) is 15.7. The predicted octanol–water partition coefficient (Wildman–Crippen LogP) is 0.629. The van der Waals surface area contributed by atoms with Gasteiger partial charge in [0.2, 0.25) is 5.91 Å². The summed E-state index contributed by atoms with van der Waals surface area (Å²) in [5.74, 6) is 0.152. The number of amides is 1. The maximum absolute atomic E-state index is 12.2. The predicted molar refractivity (Wildman–Crippen MR) is 82.0 cm³/mol. The summed E-state index contributed by atoms with van der Waals surface area (Å²) in [6.07, 6.45) is 2.08. The van der Waals surface area contributed by atoms with Crippen LogP contribution in [-0.2, 0) is 15.0 Å². The maximum atomic E-state index is 12.2. The van der Waals surface area contributed by atoms with Crippen molar-refractivity contribution in [2.75, 3.05) is 16.6 Å². The van der Waals surface area contributed by atoms with Crippen LogP contribution in [0.5, 0.6) is 0 Å². The van der Waals surface area contributed by atoms with Gasteiger partial charge in [-0.3, -0.25) is 9.52 Å². The van der Waals surface area contributed by atoms with E-state index in [1.807, 2.05) is 6.92 Å². The molecule has 0 bridgehead atoms. The van der Waals surface area contributed by atoms with Crippen LogP contribution in [0.3, 0.4) is 0 Å². The number of carbonyl (C=O) groups excluding carboxylic acids is 1. The molecule has 1 amide bonds. The Bertz CT molecular complexity index is 618. The molecule has 0 radical (unpaired) electrons. The number of hydrogen-bond acceptors (Lipinski definition) is 4. The fraction of sp³-hybridized carbons (Fsp3) is 0.462. The minimum absolute atomic E-state index is 0.116. The third kappa shape index (κ3) is 4.69. The number of anilines is 2. The first-order valence-corrected chi connectivity index (χ1v) is 8.34. The molecule has 1 aromatic rings. The maximum Gasteiger partial charge on any atom is 0.296 e. The van der Waals surface area contributed by atoms with Gasteiger partial charge < -0.3 is 10.6 Å². The molecule has 8 heteroatoms. The number of nitrogens with one attached hydrogen (secondary N) is 3. The fourth-order valence-corrected chi connectivity index (χ4v) is 2.90. The molecule has 0 aliphatic carbocycles. The van der Waals surface area contributed by atoms with Crippen molar-refractivity contribution in [2.45, 2.75) is 25.8 Å². The molecule has 0 saturated carbocycles. The SMILES string of the molecule is CC1CCCNC1C(=O)Nc1cccc(NS(N)(=O)=O)c1. The van der Waals surface area contributed by atoms with Crippen LogP contribution in [0.2, 0.25) is 0 Å². The van der Waals surface area contributed by atoms with Gasteiger partial charge in [0.1, 0.15) is 0 Å². The van der Waals surface area contributed by atoms with Crippen molar-refractivity contribution < 1.29 is 13.2 Å². The monoisotopic (exact) mass is 312 g/mol. The molecule has 0 aromatic heterocycles. The van der Waals surface area contributed by atoms with Crippen LogP contribution in [0.15, 0.2) is 24.3 Å². The van der Waals surface area contributed by atoms with Crippen molar-refractivity contribution in [3.05, 3.63) is 24.3 Å². The second-order valence-corrected chi connectivity index (χ2v) is 6.56. The summed E-state index contributed by atoms with van der Waals surface area (Å²) in [4.78, 5) is 12.2. The second-order valence-electron chi connectivity index (χ2n) is 5.27. The van der Waals surface area contributed by atoms with E-state index in [1.165, 1.54) is 6.07 Å². The van der Waals surface area contributed by atoms with E-state index in [2.05, 4.69) is 15.4 Å². The van der Waals surface area contributed by atoms with Crippen molar-refractivity contribution in [3.8, 4) is 0 Å². The van der Waals surface area contributed by atoms with Crippen LogP contribution < -0.4 is 20.5 Å². The molecule has 116 valence electrons. The summed E-state index contributed by atoms with van der Waals surface area (Å²) in [6.45, 7) is 2.87. The number of hydrogen-bond donors (Lipinski definition) is 4. The Morgan fingerprint density at radius 3 is 2.76 bits per heavy atom. The minimum atomic E-state index is -3.83. The van der Waals surface area contributed by atoms with Crippen LogP contribution in [-0.4, -0.2) is 26.9 Å². The van der Waals surface area contributed by atoms with Gasteiger partial charge in [0, 0.05) is 5.69 Å². The van der Waals surface area contributed by atoms with Gasteiger partial charge in [-0.05, 0) is 43.5 Å². The van der Waals surface area contributed by atoms with Crippen molar-refractivity contribution in [2.24, 2.45) is 11.1 Å². The zero-order valence-electron chi connectivity index (χ0n) is 11.8. The molecular formula is C13H20N4O3S.